The fraction of sp³-hybridized carbons (Fsp3) is 0.471. The molecule has 20 heavy (non-hydrogen) atoms. The first-order valence-electron chi connectivity index (χ1n) is 7.70. The second kappa shape index (κ2) is 7.73. The summed E-state index contributed by atoms with van der Waals surface area (Å²) in [7, 11) is 0. The Labute approximate surface area is 121 Å². The number of aromatic nitrogens is 1. The zero-order valence-electron chi connectivity index (χ0n) is 12.4. The van der Waals surface area contributed by atoms with E-state index < -0.39 is 0 Å². The summed E-state index contributed by atoms with van der Waals surface area (Å²) in [6, 6.07) is 8.00. The zero-order chi connectivity index (χ0) is 14.2. The van der Waals surface area contributed by atoms with Crippen LogP contribution in [0.1, 0.15) is 45.4 Å². The summed E-state index contributed by atoms with van der Waals surface area (Å²) in [4.78, 5) is 4.31. The molecule has 0 atom stereocenters. The van der Waals surface area contributed by atoms with Crippen LogP contribution in [-0.2, 0) is 0 Å². The monoisotopic (exact) mass is 271 g/mol. The lowest BCUT2D eigenvalue weighted by Gasteiger charge is -2.11. The maximum atomic E-state index is 6.20. The highest BCUT2D eigenvalue weighted by atomic mass is 14.9. The van der Waals surface area contributed by atoms with Gasteiger partial charge in [0.15, 0.2) is 0 Å². The van der Waals surface area contributed by atoms with Crippen molar-refractivity contribution < 1.29 is 0 Å². The molecule has 1 heterocycles. The Bertz CT molecular complexity index is 537. The number of hydrogen-bond acceptors (Lipinski definition) is 3. The Kier molecular flexibility index (Phi) is 5.66. The predicted octanol–water partition coefficient (Wildman–Crippen LogP) is 4.59. The Balaban J connectivity index is 1.83. The van der Waals surface area contributed by atoms with E-state index in [0.29, 0.717) is 0 Å². The highest BCUT2D eigenvalue weighted by Crippen LogP contribution is 2.27. The van der Waals surface area contributed by atoms with Crippen LogP contribution in [0.4, 0.5) is 11.4 Å². The van der Waals surface area contributed by atoms with Crippen molar-refractivity contribution in [3.63, 3.8) is 0 Å². The van der Waals surface area contributed by atoms with E-state index in [0.717, 1.165) is 28.8 Å². The maximum Gasteiger partial charge on any atom is 0.0724 e. The summed E-state index contributed by atoms with van der Waals surface area (Å²) in [5, 5.41) is 4.47. The van der Waals surface area contributed by atoms with Crippen LogP contribution >= 0.6 is 0 Å². The molecule has 0 unspecified atom stereocenters. The first kappa shape index (κ1) is 14.6. The summed E-state index contributed by atoms with van der Waals surface area (Å²) in [5.74, 6) is 0. The Morgan fingerprint density at radius 2 is 1.85 bits per heavy atom. The van der Waals surface area contributed by atoms with Crippen LogP contribution < -0.4 is 11.1 Å². The predicted molar refractivity (Wildman–Crippen MR) is 88.0 cm³/mol. The lowest BCUT2D eigenvalue weighted by Crippen LogP contribution is -2.04. The molecule has 0 fully saturated rings. The molecule has 3 N–H and O–H groups in total. The van der Waals surface area contributed by atoms with Crippen molar-refractivity contribution in [3.05, 3.63) is 30.5 Å². The standard InChI is InChI=1S/C17H25N3/c1-2-3-4-5-6-7-12-20-16-11-10-15-14(17(16)18)9-8-13-19-15/h8-11,13,20H,2-7,12,18H2,1H3. The molecular formula is C17H25N3. The molecular weight excluding hydrogens is 246 g/mol. The second-order valence-corrected chi connectivity index (χ2v) is 5.29. The van der Waals surface area contributed by atoms with Gasteiger partial charge in [-0.15, -0.1) is 0 Å². The number of rotatable bonds is 8. The molecule has 2 aromatic rings. The van der Waals surface area contributed by atoms with Gasteiger partial charge < -0.3 is 11.1 Å². The molecule has 0 aliphatic heterocycles. The van der Waals surface area contributed by atoms with Crippen molar-refractivity contribution in [2.45, 2.75) is 45.4 Å². The van der Waals surface area contributed by atoms with Crippen LogP contribution in [0.3, 0.4) is 0 Å². The van der Waals surface area contributed by atoms with Crippen molar-refractivity contribution >= 4 is 22.3 Å². The third-order valence-corrected chi connectivity index (χ3v) is 3.67. The third kappa shape index (κ3) is 3.86. The molecule has 2 rings (SSSR count). The fourth-order valence-electron chi connectivity index (χ4n) is 2.46. The van der Waals surface area contributed by atoms with Gasteiger partial charge in [-0.25, -0.2) is 0 Å². The topological polar surface area (TPSA) is 50.9 Å². The van der Waals surface area contributed by atoms with Gasteiger partial charge in [0.05, 0.1) is 16.9 Å². The van der Waals surface area contributed by atoms with Crippen molar-refractivity contribution in [1.82, 2.24) is 4.98 Å². The summed E-state index contributed by atoms with van der Waals surface area (Å²) < 4.78 is 0. The molecule has 0 bridgehead atoms. The van der Waals surface area contributed by atoms with Crippen molar-refractivity contribution in [3.8, 4) is 0 Å². The number of benzene rings is 1. The smallest absolute Gasteiger partial charge is 0.0724 e. The number of nitrogens with two attached hydrogens (primary N) is 1. The summed E-state index contributed by atoms with van der Waals surface area (Å²) in [6.45, 7) is 3.24. The number of nitrogen functional groups attached to an aromatic ring is 1. The van der Waals surface area contributed by atoms with Crippen LogP contribution in [0.2, 0.25) is 0 Å². The van der Waals surface area contributed by atoms with Crippen LogP contribution in [0, 0.1) is 0 Å². The minimum atomic E-state index is 0.807. The Morgan fingerprint density at radius 3 is 2.70 bits per heavy atom. The van der Waals surface area contributed by atoms with E-state index in [9.17, 15) is 0 Å². The third-order valence-electron chi connectivity index (χ3n) is 3.67. The second-order valence-electron chi connectivity index (χ2n) is 5.29. The van der Waals surface area contributed by atoms with Crippen LogP contribution in [0.15, 0.2) is 30.5 Å². The van der Waals surface area contributed by atoms with E-state index in [-0.39, 0.29) is 0 Å². The minimum absolute atomic E-state index is 0.807. The van der Waals surface area contributed by atoms with Gasteiger partial charge in [0.25, 0.3) is 0 Å². The van der Waals surface area contributed by atoms with E-state index >= 15 is 0 Å². The number of pyridine rings is 1. The minimum Gasteiger partial charge on any atom is -0.397 e. The molecule has 0 aliphatic rings. The van der Waals surface area contributed by atoms with Crippen molar-refractivity contribution in [1.29, 1.82) is 0 Å². The number of unbranched alkanes of at least 4 members (excludes halogenated alkanes) is 5. The van der Waals surface area contributed by atoms with Gasteiger partial charge >= 0.3 is 0 Å². The average molecular weight is 271 g/mol. The molecule has 0 saturated heterocycles. The van der Waals surface area contributed by atoms with Gasteiger partial charge in [0, 0.05) is 18.1 Å². The maximum absolute atomic E-state index is 6.20. The summed E-state index contributed by atoms with van der Waals surface area (Å²) in [5.41, 5.74) is 8.98. The van der Waals surface area contributed by atoms with Gasteiger partial charge in [0.1, 0.15) is 0 Å². The molecule has 3 heteroatoms. The summed E-state index contributed by atoms with van der Waals surface area (Å²) in [6.07, 6.45) is 9.66. The molecule has 0 aliphatic carbocycles. The fourth-order valence-corrected chi connectivity index (χ4v) is 2.46. The lowest BCUT2D eigenvalue weighted by atomic mass is 10.1. The van der Waals surface area contributed by atoms with Gasteiger partial charge in [-0.1, -0.05) is 39.0 Å². The Hall–Kier alpha value is -1.77. The van der Waals surface area contributed by atoms with E-state index in [2.05, 4.69) is 17.2 Å². The van der Waals surface area contributed by atoms with Crippen molar-refractivity contribution in [2.24, 2.45) is 0 Å². The summed E-state index contributed by atoms with van der Waals surface area (Å²) >= 11 is 0. The molecule has 0 amide bonds. The quantitative estimate of drug-likeness (QED) is 0.545. The molecule has 0 saturated carbocycles. The number of hydrogen-bond donors (Lipinski definition) is 2. The number of fused-ring (bicyclic) bond motifs is 1. The molecule has 3 nitrogen and oxygen atoms in total. The van der Waals surface area contributed by atoms with Crippen LogP contribution in [0.25, 0.3) is 10.9 Å². The molecule has 1 aromatic carbocycles. The van der Waals surface area contributed by atoms with Crippen LogP contribution in [-0.4, -0.2) is 11.5 Å². The van der Waals surface area contributed by atoms with E-state index in [1.54, 1.807) is 6.20 Å². The molecule has 108 valence electrons. The van der Waals surface area contributed by atoms with Gasteiger partial charge in [0.2, 0.25) is 0 Å². The highest BCUT2D eigenvalue weighted by Gasteiger charge is 2.03. The van der Waals surface area contributed by atoms with Gasteiger partial charge in [-0.3, -0.25) is 4.98 Å². The number of nitrogens with zero attached hydrogens (tertiary/aromatic N) is 1. The number of nitrogens with one attached hydrogen (secondary N) is 1. The van der Waals surface area contributed by atoms with Crippen LogP contribution in [0.5, 0.6) is 0 Å². The van der Waals surface area contributed by atoms with E-state index in [1.165, 1.54) is 38.5 Å². The van der Waals surface area contributed by atoms with Crippen molar-refractivity contribution in [2.75, 3.05) is 17.6 Å². The molecule has 0 spiro atoms. The molecule has 1 aromatic heterocycles. The van der Waals surface area contributed by atoms with Gasteiger partial charge in [-0.2, -0.15) is 0 Å². The average Bonchev–Trinajstić information content (AvgIpc) is 2.49. The highest BCUT2D eigenvalue weighted by molar-refractivity contribution is 5.96. The SMILES string of the molecule is CCCCCCCCNc1ccc2ncccc2c1N. The van der Waals surface area contributed by atoms with E-state index in [4.69, 9.17) is 5.73 Å². The molecule has 0 radical (unpaired) electrons. The number of anilines is 2. The first-order valence-corrected chi connectivity index (χ1v) is 7.70. The normalized spacial score (nSPS) is 10.8. The van der Waals surface area contributed by atoms with E-state index in [1.807, 2.05) is 24.3 Å². The van der Waals surface area contributed by atoms with Gasteiger partial charge in [-0.05, 0) is 30.7 Å². The largest absolute Gasteiger partial charge is 0.397 e. The lowest BCUT2D eigenvalue weighted by molar-refractivity contribution is 0.617. The zero-order valence-corrected chi connectivity index (χ0v) is 12.4. The Morgan fingerprint density at radius 1 is 1.05 bits per heavy atom. The first-order chi connectivity index (χ1) is 9.83.